The molecule has 0 bridgehead atoms. The van der Waals surface area contributed by atoms with E-state index in [0.29, 0.717) is 24.8 Å². The minimum Gasteiger partial charge on any atom is -0.396 e. The van der Waals surface area contributed by atoms with E-state index in [4.69, 9.17) is 15.8 Å². The van der Waals surface area contributed by atoms with Crippen molar-refractivity contribution in [3.8, 4) is 23.1 Å². The normalized spacial score (nSPS) is 12.9. The molecule has 5 nitrogen and oxygen atoms in total. The number of Topliss-reactive ketones (excluding diaryl/α,β-unsaturated/α-hetero) is 1. The summed E-state index contributed by atoms with van der Waals surface area (Å²) < 4.78 is 0. The van der Waals surface area contributed by atoms with E-state index in [2.05, 4.69) is 11.8 Å². The van der Waals surface area contributed by atoms with Gasteiger partial charge in [-0.25, -0.2) is 4.98 Å². The van der Waals surface area contributed by atoms with Gasteiger partial charge in [-0.1, -0.05) is 54.3 Å². The predicted molar refractivity (Wildman–Crippen MR) is 149 cm³/mol. The van der Waals surface area contributed by atoms with Gasteiger partial charge in [-0.15, -0.1) is 0 Å². The smallest absolute Gasteiger partial charge is 0.163 e. The monoisotopic (exact) mass is 492 g/mol. The fraction of sp³-hybridized carbons (Fsp3) is 0.250. The number of aromatic nitrogens is 1. The second kappa shape index (κ2) is 12.4. The van der Waals surface area contributed by atoms with Crippen LogP contribution in [0, 0.1) is 18.8 Å². The van der Waals surface area contributed by atoms with Crippen molar-refractivity contribution in [1.29, 1.82) is 0 Å². The van der Waals surface area contributed by atoms with Crippen molar-refractivity contribution in [3.63, 3.8) is 0 Å². The Morgan fingerprint density at radius 2 is 1.62 bits per heavy atom. The van der Waals surface area contributed by atoms with Gasteiger partial charge in [-0.3, -0.25) is 4.79 Å². The van der Waals surface area contributed by atoms with E-state index in [1.807, 2.05) is 79.8 Å². The zero-order chi connectivity index (χ0) is 26.2. The molecule has 0 saturated heterocycles. The Kier molecular flexibility index (Phi) is 8.81. The third kappa shape index (κ3) is 6.31. The molecule has 37 heavy (non-hydrogen) atoms. The fourth-order valence-electron chi connectivity index (χ4n) is 4.43. The van der Waals surface area contributed by atoms with Crippen molar-refractivity contribution >= 4 is 17.9 Å². The van der Waals surface area contributed by atoms with Crippen molar-refractivity contribution in [2.75, 3.05) is 13.2 Å². The highest BCUT2D eigenvalue weighted by molar-refractivity contribution is 6.03. The van der Waals surface area contributed by atoms with Gasteiger partial charge in [0, 0.05) is 53.5 Å². The van der Waals surface area contributed by atoms with Gasteiger partial charge < -0.3 is 15.9 Å². The third-order valence-electron chi connectivity index (χ3n) is 6.47. The number of nitrogens with two attached hydrogens (primary N) is 1. The molecule has 1 aliphatic rings. The second-order valence-corrected chi connectivity index (χ2v) is 9.12. The Morgan fingerprint density at radius 3 is 2.27 bits per heavy atom. The van der Waals surface area contributed by atoms with Crippen LogP contribution < -0.4 is 5.73 Å². The maximum absolute atomic E-state index is 13.1. The number of allylic oxidation sites excluding steroid dienone is 2. The molecule has 0 saturated carbocycles. The maximum Gasteiger partial charge on any atom is 0.163 e. The summed E-state index contributed by atoms with van der Waals surface area (Å²) in [6.45, 7) is 2.00. The number of ketones is 1. The molecule has 0 fully saturated rings. The summed E-state index contributed by atoms with van der Waals surface area (Å²) in [5, 5.41) is 18.3. The van der Waals surface area contributed by atoms with Gasteiger partial charge >= 0.3 is 0 Å². The molecule has 1 unspecified atom stereocenters. The molecule has 1 aromatic heterocycles. The summed E-state index contributed by atoms with van der Waals surface area (Å²) in [5.74, 6) is 6.41. The van der Waals surface area contributed by atoms with Crippen LogP contribution in [0.3, 0.4) is 0 Å². The standard InChI is InChI=1S/C32H32N2O3/c1-22-31(30(37)8-5-20-35)27-6-3-2-4-7-29(27)34-32(22)26-17-13-24(14-18-26)10-9-23-11-15-25(16-12-23)28(33)19-21-36/h3-4,6-7,11-18,28,35-36H,2,5,8,19-21,33H2,1H3. The van der Waals surface area contributed by atoms with E-state index in [-0.39, 0.29) is 25.0 Å². The highest BCUT2D eigenvalue weighted by Crippen LogP contribution is 2.32. The lowest BCUT2D eigenvalue weighted by Gasteiger charge is -2.16. The van der Waals surface area contributed by atoms with Crippen LogP contribution in [0.1, 0.15) is 75.6 Å². The zero-order valence-electron chi connectivity index (χ0n) is 21.1. The van der Waals surface area contributed by atoms with Crippen LogP contribution in [0.25, 0.3) is 23.4 Å². The van der Waals surface area contributed by atoms with Gasteiger partial charge in [0.2, 0.25) is 0 Å². The van der Waals surface area contributed by atoms with Crippen molar-refractivity contribution < 1.29 is 15.0 Å². The van der Waals surface area contributed by atoms with Crippen molar-refractivity contribution in [2.45, 2.75) is 38.6 Å². The van der Waals surface area contributed by atoms with Gasteiger partial charge in [-0.05, 0) is 67.7 Å². The Morgan fingerprint density at radius 1 is 0.973 bits per heavy atom. The number of pyridine rings is 1. The molecule has 5 heteroatoms. The molecule has 0 radical (unpaired) electrons. The topological polar surface area (TPSA) is 96.4 Å². The number of fused-ring (bicyclic) bond motifs is 1. The summed E-state index contributed by atoms with van der Waals surface area (Å²) in [7, 11) is 0. The number of carbonyl (C=O) groups excluding carboxylic acids is 1. The van der Waals surface area contributed by atoms with Crippen LogP contribution in [-0.2, 0) is 0 Å². The largest absolute Gasteiger partial charge is 0.396 e. The van der Waals surface area contributed by atoms with Crippen LogP contribution in [0.2, 0.25) is 0 Å². The summed E-state index contributed by atoms with van der Waals surface area (Å²) in [5.41, 5.74) is 13.7. The highest BCUT2D eigenvalue weighted by atomic mass is 16.3. The van der Waals surface area contributed by atoms with Crippen molar-refractivity contribution in [2.24, 2.45) is 5.73 Å². The van der Waals surface area contributed by atoms with Crippen LogP contribution in [0.5, 0.6) is 0 Å². The lowest BCUT2D eigenvalue weighted by atomic mass is 9.91. The number of aliphatic hydroxyl groups is 2. The van der Waals surface area contributed by atoms with Crippen molar-refractivity contribution in [3.05, 3.63) is 99.8 Å². The third-order valence-corrected chi connectivity index (χ3v) is 6.47. The number of rotatable bonds is 8. The Bertz CT molecular complexity index is 1370. The highest BCUT2D eigenvalue weighted by Gasteiger charge is 2.21. The molecular formula is C32H32N2O3. The van der Waals surface area contributed by atoms with E-state index in [1.165, 1.54) is 0 Å². The van der Waals surface area contributed by atoms with Gasteiger partial charge in [0.25, 0.3) is 0 Å². The van der Waals surface area contributed by atoms with Gasteiger partial charge in [0.15, 0.2) is 5.78 Å². The second-order valence-electron chi connectivity index (χ2n) is 9.12. The average Bonchev–Trinajstić information content (AvgIpc) is 3.16. The first-order valence-corrected chi connectivity index (χ1v) is 12.6. The Labute approximate surface area is 218 Å². The predicted octanol–water partition coefficient (Wildman–Crippen LogP) is 5.22. The van der Waals surface area contributed by atoms with Crippen LogP contribution in [0.15, 0.2) is 60.7 Å². The molecule has 0 spiro atoms. The van der Waals surface area contributed by atoms with E-state index < -0.39 is 0 Å². The Balaban J connectivity index is 1.62. The molecule has 188 valence electrons. The number of carbonyl (C=O) groups is 1. The number of aliphatic hydroxyl groups excluding tert-OH is 2. The molecular weight excluding hydrogens is 460 g/mol. The van der Waals surface area contributed by atoms with Crippen LogP contribution in [-0.4, -0.2) is 34.2 Å². The number of hydrogen-bond donors (Lipinski definition) is 3. The summed E-state index contributed by atoms with van der Waals surface area (Å²) in [4.78, 5) is 18.0. The number of benzene rings is 2. The maximum atomic E-state index is 13.1. The molecule has 3 aromatic rings. The Hall–Kier alpha value is -3.82. The fourth-order valence-corrected chi connectivity index (χ4v) is 4.43. The lowest BCUT2D eigenvalue weighted by molar-refractivity contribution is 0.0970. The molecule has 1 atom stereocenters. The molecule has 0 amide bonds. The zero-order valence-corrected chi connectivity index (χ0v) is 21.1. The quantitative estimate of drug-likeness (QED) is 0.296. The molecule has 0 aliphatic heterocycles. The van der Waals surface area contributed by atoms with E-state index in [1.54, 1.807) is 0 Å². The molecule has 1 heterocycles. The SMILES string of the molecule is Cc1c(-c2ccc(C#Cc3ccc(C(N)CCO)cc3)cc2)nc2c(c1C(=O)CCCO)C=CCC=C2. The van der Waals surface area contributed by atoms with Gasteiger partial charge in [0.1, 0.15) is 0 Å². The summed E-state index contributed by atoms with van der Waals surface area (Å²) >= 11 is 0. The number of hydrogen-bond acceptors (Lipinski definition) is 5. The van der Waals surface area contributed by atoms with Crippen LogP contribution >= 0.6 is 0 Å². The first kappa shape index (κ1) is 26.2. The van der Waals surface area contributed by atoms with Crippen LogP contribution in [0.4, 0.5) is 0 Å². The molecule has 1 aliphatic carbocycles. The first-order valence-electron chi connectivity index (χ1n) is 12.6. The summed E-state index contributed by atoms with van der Waals surface area (Å²) in [6, 6.07) is 15.5. The molecule has 2 aromatic carbocycles. The van der Waals surface area contributed by atoms with Gasteiger partial charge in [0.05, 0.1) is 11.4 Å². The molecule has 4 rings (SSSR count). The molecule has 4 N–H and O–H groups in total. The minimum atomic E-state index is -0.179. The first-order chi connectivity index (χ1) is 18.0. The van der Waals surface area contributed by atoms with Crippen molar-refractivity contribution in [1.82, 2.24) is 4.98 Å². The van der Waals surface area contributed by atoms with E-state index in [0.717, 1.165) is 51.2 Å². The van der Waals surface area contributed by atoms with E-state index >= 15 is 0 Å². The summed E-state index contributed by atoms with van der Waals surface area (Å²) in [6.07, 6.45) is 10.1. The lowest BCUT2D eigenvalue weighted by Crippen LogP contribution is -2.11. The van der Waals surface area contributed by atoms with Gasteiger partial charge in [-0.2, -0.15) is 0 Å². The van der Waals surface area contributed by atoms with E-state index in [9.17, 15) is 9.90 Å². The minimum absolute atomic E-state index is 0.00937. The number of nitrogens with zero attached hydrogens (tertiary/aromatic N) is 1. The average molecular weight is 493 g/mol.